The number of hydrogen-bond acceptors (Lipinski definition) is 2. The molecule has 2 bridgehead atoms. The number of esters is 1. The second-order valence-electron chi connectivity index (χ2n) is 6.19. The highest BCUT2D eigenvalue weighted by Crippen LogP contribution is 2.65. The van der Waals surface area contributed by atoms with Gasteiger partial charge >= 0.3 is 5.97 Å². The van der Waals surface area contributed by atoms with Gasteiger partial charge in [-0.05, 0) is 57.3 Å². The van der Waals surface area contributed by atoms with E-state index in [9.17, 15) is 4.79 Å². The molecule has 0 N–H and O–H groups in total. The molecule has 0 aromatic carbocycles. The molecule has 0 spiro atoms. The van der Waals surface area contributed by atoms with Crippen LogP contribution in [-0.4, -0.2) is 11.6 Å². The molecule has 3 rings (SSSR count). The molecule has 2 nitrogen and oxygen atoms in total. The van der Waals surface area contributed by atoms with Crippen LogP contribution in [0.2, 0.25) is 0 Å². The Bertz CT molecular complexity index is 358. The number of carbonyl (C=O) groups is 1. The van der Waals surface area contributed by atoms with E-state index in [-0.39, 0.29) is 11.6 Å². The highest BCUT2D eigenvalue weighted by atomic mass is 16.6. The van der Waals surface area contributed by atoms with Crippen LogP contribution in [-0.2, 0) is 9.53 Å². The molecule has 0 aliphatic heterocycles. The average Bonchev–Trinajstić information content (AvgIpc) is 2.52. The van der Waals surface area contributed by atoms with Gasteiger partial charge < -0.3 is 4.74 Å². The first-order chi connectivity index (χ1) is 7.51. The van der Waals surface area contributed by atoms with Crippen LogP contribution in [0.4, 0.5) is 0 Å². The normalized spacial score (nSPS) is 48.4. The van der Waals surface area contributed by atoms with Gasteiger partial charge in [-0.3, -0.25) is 0 Å². The molecule has 0 radical (unpaired) electrons. The standard InChI is InChI=1S/C14H20O2/c1-8(2)13(15)16-14(3)7-9-6-12(14)11-5-4-10(9)11/h9-12H,1,4-7H2,2-3H3. The zero-order valence-corrected chi connectivity index (χ0v) is 10.2. The van der Waals surface area contributed by atoms with Gasteiger partial charge in [0.1, 0.15) is 5.60 Å². The Balaban J connectivity index is 1.76. The molecule has 3 fully saturated rings. The van der Waals surface area contributed by atoms with Crippen LogP contribution in [0.1, 0.15) is 39.5 Å². The summed E-state index contributed by atoms with van der Waals surface area (Å²) in [5, 5.41) is 0. The summed E-state index contributed by atoms with van der Waals surface area (Å²) in [6, 6.07) is 0. The van der Waals surface area contributed by atoms with Gasteiger partial charge in [0.2, 0.25) is 0 Å². The first kappa shape index (κ1) is 10.4. The van der Waals surface area contributed by atoms with Crippen molar-refractivity contribution < 1.29 is 9.53 Å². The molecule has 16 heavy (non-hydrogen) atoms. The molecule has 3 aliphatic carbocycles. The molecule has 3 saturated carbocycles. The minimum Gasteiger partial charge on any atom is -0.456 e. The summed E-state index contributed by atoms with van der Waals surface area (Å²) in [6.07, 6.45) is 5.13. The van der Waals surface area contributed by atoms with Crippen LogP contribution in [0.3, 0.4) is 0 Å². The van der Waals surface area contributed by atoms with E-state index in [4.69, 9.17) is 4.74 Å². The smallest absolute Gasteiger partial charge is 0.333 e. The topological polar surface area (TPSA) is 26.3 Å². The highest BCUT2D eigenvalue weighted by molar-refractivity contribution is 5.87. The molecule has 0 heterocycles. The van der Waals surface area contributed by atoms with Crippen LogP contribution in [0, 0.1) is 23.7 Å². The van der Waals surface area contributed by atoms with Crippen LogP contribution in [0.15, 0.2) is 12.2 Å². The lowest BCUT2D eigenvalue weighted by atomic mass is 9.61. The largest absolute Gasteiger partial charge is 0.456 e. The van der Waals surface area contributed by atoms with Crippen LogP contribution >= 0.6 is 0 Å². The predicted octanol–water partition coefficient (Wildman–Crippen LogP) is 2.93. The van der Waals surface area contributed by atoms with Gasteiger partial charge in [0.25, 0.3) is 0 Å². The molecule has 3 aliphatic rings. The minimum absolute atomic E-state index is 0.192. The molecule has 0 aromatic heterocycles. The Morgan fingerprint density at radius 2 is 2.06 bits per heavy atom. The van der Waals surface area contributed by atoms with Gasteiger partial charge in [0, 0.05) is 11.5 Å². The lowest BCUT2D eigenvalue weighted by molar-refractivity contribution is -0.165. The molecule has 5 atom stereocenters. The van der Waals surface area contributed by atoms with E-state index < -0.39 is 0 Å². The summed E-state index contributed by atoms with van der Waals surface area (Å²) in [7, 11) is 0. The molecule has 5 unspecified atom stereocenters. The van der Waals surface area contributed by atoms with Crippen molar-refractivity contribution in [2.45, 2.75) is 45.1 Å². The SMILES string of the molecule is C=C(C)C(=O)OC1(C)CC2CC1C1CCC21. The summed E-state index contributed by atoms with van der Waals surface area (Å²) in [5.41, 5.74) is 0.330. The number of ether oxygens (including phenoxy) is 1. The third-order valence-electron chi connectivity index (χ3n) is 5.19. The molecule has 0 saturated heterocycles. The second-order valence-corrected chi connectivity index (χ2v) is 6.19. The van der Waals surface area contributed by atoms with Crippen LogP contribution in [0.25, 0.3) is 0 Å². The van der Waals surface area contributed by atoms with Crippen molar-refractivity contribution in [2.75, 3.05) is 0 Å². The van der Waals surface area contributed by atoms with Crippen LogP contribution < -0.4 is 0 Å². The number of rotatable bonds is 2. The van der Waals surface area contributed by atoms with E-state index in [1.807, 2.05) is 0 Å². The maximum Gasteiger partial charge on any atom is 0.333 e. The summed E-state index contributed by atoms with van der Waals surface area (Å²) in [6.45, 7) is 7.52. The van der Waals surface area contributed by atoms with Crippen molar-refractivity contribution in [1.82, 2.24) is 0 Å². The minimum atomic E-state index is -0.203. The quantitative estimate of drug-likeness (QED) is 0.528. The molecule has 0 amide bonds. The van der Waals surface area contributed by atoms with E-state index in [2.05, 4.69) is 13.5 Å². The molecular formula is C14H20O2. The predicted molar refractivity (Wildman–Crippen MR) is 61.7 cm³/mol. The summed E-state index contributed by atoms with van der Waals surface area (Å²) in [4.78, 5) is 11.7. The maximum absolute atomic E-state index is 11.7. The number of hydrogen-bond donors (Lipinski definition) is 0. The fourth-order valence-corrected chi connectivity index (χ4v) is 4.34. The Labute approximate surface area is 97.1 Å². The van der Waals surface area contributed by atoms with Gasteiger partial charge in [-0.2, -0.15) is 0 Å². The summed E-state index contributed by atoms with van der Waals surface area (Å²) < 4.78 is 5.71. The van der Waals surface area contributed by atoms with Crippen molar-refractivity contribution >= 4 is 5.97 Å². The lowest BCUT2D eigenvalue weighted by Gasteiger charge is -2.47. The Morgan fingerprint density at radius 1 is 1.38 bits per heavy atom. The van der Waals surface area contributed by atoms with Crippen molar-refractivity contribution in [3.8, 4) is 0 Å². The first-order valence-electron chi connectivity index (χ1n) is 6.40. The van der Waals surface area contributed by atoms with Gasteiger partial charge in [0.15, 0.2) is 0 Å². The third-order valence-corrected chi connectivity index (χ3v) is 5.19. The molecule has 0 aromatic rings. The van der Waals surface area contributed by atoms with E-state index in [1.54, 1.807) is 6.92 Å². The first-order valence-corrected chi connectivity index (χ1v) is 6.40. The van der Waals surface area contributed by atoms with Crippen molar-refractivity contribution in [2.24, 2.45) is 23.7 Å². The van der Waals surface area contributed by atoms with Gasteiger partial charge in [-0.15, -0.1) is 0 Å². The summed E-state index contributed by atoms with van der Waals surface area (Å²) >= 11 is 0. The van der Waals surface area contributed by atoms with Crippen molar-refractivity contribution in [1.29, 1.82) is 0 Å². The van der Waals surface area contributed by atoms with Gasteiger partial charge in [0.05, 0.1) is 0 Å². The zero-order valence-electron chi connectivity index (χ0n) is 10.2. The number of fused-ring (bicyclic) bond motifs is 5. The fourth-order valence-electron chi connectivity index (χ4n) is 4.34. The van der Waals surface area contributed by atoms with Gasteiger partial charge in [-0.1, -0.05) is 6.58 Å². The second kappa shape index (κ2) is 3.12. The Kier molecular flexibility index (Phi) is 2.02. The number of carbonyl (C=O) groups excluding carboxylic acids is 1. The zero-order chi connectivity index (χ0) is 11.5. The van der Waals surface area contributed by atoms with Crippen molar-refractivity contribution in [3.05, 3.63) is 12.2 Å². The monoisotopic (exact) mass is 220 g/mol. The molecule has 88 valence electrons. The van der Waals surface area contributed by atoms with E-state index in [0.29, 0.717) is 11.5 Å². The van der Waals surface area contributed by atoms with E-state index in [1.165, 1.54) is 19.3 Å². The van der Waals surface area contributed by atoms with E-state index in [0.717, 1.165) is 24.2 Å². The Morgan fingerprint density at radius 3 is 2.56 bits per heavy atom. The van der Waals surface area contributed by atoms with Crippen LogP contribution in [0.5, 0.6) is 0 Å². The average molecular weight is 220 g/mol. The van der Waals surface area contributed by atoms with Crippen molar-refractivity contribution in [3.63, 3.8) is 0 Å². The molecular weight excluding hydrogens is 200 g/mol. The Hall–Kier alpha value is -0.790. The summed E-state index contributed by atoms with van der Waals surface area (Å²) in [5.74, 6) is 3.06. The fraction of sp³-hybridized carbons (Fsp3) is 0.786. The third kappa shape index (κ3) is 1.22. The highest BCUT2D eigenvalue weighted by Gasteiger charge is 2.62. The molecule has 2 heteroatoms. The lowest BCUT2D eigenvalue weighted by Crippen LogP contribution is -2.47. The van der Waals surface area contributed by atoms with E-state index >= 15 is 0 Å². The maximum atomic E-state index is 11.7. The van der Waals surface area contributed by atoms with Gasteiger partial charge in [-0.25, -0.2) is 4.79 Å².